The van der Waals surface area contributed by atoms with E-state index < -0.39 is 25.4 Å². The SMILES string of the molecule is C=C(OCOCCOC)C(F)(F)P(=O)(c1ccccc1)c1ccccc1. The number of alkyl halides is 2. The van der Waals surface area contributed by atoms with Crippen molar-refractivity contribution in [1.29, 1.82) is 0 Å². The Kier molecular flexibility index (Phi) is 7.09. The average molecular weight is 382 g/mol. The molecule has 2 aromatic carbocycles. The van der Waals surface area contributed by atoms with E-state index in [4.69, 9.17) is 14.2 Å². The van der Waals surface area contributed by atoms with Gasteiger partial charge in [-0.05, 0) is 0 Å². The Labute approximate surface area is 151 Å². The van der Waals surface area contributed by atoms with Gasteiger partial charge in [0.15, 0.2) is 12.6 Å². The Bertz CT molecular complexity index is 707. The first-order valence-electron chi connectivity index (χ1n) is 7.92. The van der Waals surface area contributed by atoms with E-state index in [0.717, 1.165) is 0 Å². The Morgan fingerprint density at radius 3 is 1.96 bits per heavy atom. The molecule has 0 fully saturated rings. The Morgan fingerprint density at radius 1 is 1.00 bits per heavy atom. The van der Waals surface area contributed by atoms with Gasteiger partial charge in [0.05, 0.1) is 13.2 Å². The van der Waals surface area contributed by atoms with Crippen molar-refractivity contribution in [3.8, 4) is 0 Å². The Hall–Kier alpha value is -2.01. The molecule has 0 atom stereocenters. The van der Waals surface area contributed by atoms with Crippen molar-refractivity contribution >= 4 is 17.8 Å². The van der Waals surface area contributed by atoms with Gasteiger partial charge >= 0.3 is 5.66 Å². The lowest BCUT2D eigenvalue weighted by molar-refractivity contribution is -0.0657. The summed E-state index contributed by atoms with van der Waals surface area (Å²) in [4.78, 5) is 0. The fourth-order valence-electron chi connectivity index (χ4n) is 2.33. The molecule has 0 N–H and O–H groups in total. The van der Waals surface area contributed by atoms with E-state index in [2.05, 4.69) is 6.58 Å². The van der Waals surface area contributed by atoms with Crippen molar-refractivity contribution in [1.82, 2.24) is 0 Å². The Morgan fingerprint density at radius 2 is 1.50 bits per heavy atom. The zero-order chi connectivity index (χ0) is 19.0. The van der Waals surface area contributed by atoms with Crippen molar-refractivity contribution in [2.75, 3.05) is 27.1 Å². The van der Waals surface area contributed by atoms with E-state index >= 15 is 8.78 Å². The molecule has 0 spiro atoms. The van der Waals surface area contributed by atoms with Crippen LogP contribution >= 0.6 is 7.14 Å². The van der Waals surface area contributed by atoms with Crippen molar-refractivity contribution in [3.05, 3.63) is 73.0 Å². The Balaban J connectivity index is 2.33. The molecule has 4 nitrogen and oxygen atoms in total. The average Bonchev–Trinajstić information content (AvgIpc) is 2.68. The van der Waals surface area contributed by atoms with Crippen molar-refractivity contribution in [2.45, 2.75) is 5.66 Å². The molecule has 0 heterocycles. The topological polar surface area (TPSA) is 44.8 Å². The summed E-state index contributed by atoms with van der Waals surface area (Å²) in [5.41, 5.74) is -3.81. The summed E-state index contributed by atoms with van der Waals surface area (Å²) in [6.07, 6.45) is 0. The van der Waals surface area contributed by atoms with Crippen LogP contribution in [0.2, 0.25) is 0 Å². The second kappa shape index (κ2) is 9.08. The first kappa shape index (κ1) is 20.3. The number of hydrogen-bond acceptors (Lipinski definition) is 4. The van der Waals surface area contributed by atoms with Gasteiger partial charge < -0.3 is 18.8 Å². The van der Waals surface area contributed by atoms with E-state index in [-0.39, 0.29) is 17.2 Å². The summed E-state index contributed by atoms with van der Waals surface area (Å²) in [5, 5.41) is 0.0579. The van der Waals surface area contributed by atoms with Crippen LogP contribution < -0.4 is 10.6 Å². The molecule has 0 radical (unpaired) electrons. The smallest absolute Gasteiger partial charge is 0.360 e. The van der Waals surface area contributed by atoms with Crippen molar-refractivity contribution in [3.63, 3.8) is 0 Å². The molecular weight excluding hydrogens is 361 g/mol. The standard InChI is InChI=1S/C19H21F2O4P/c1-16(25-15-24-14-13-23-2)19(20,21)26(22,17-9-5-3-6-10-17)18-11-7-4-8-12-18/h3-12H,1,13-15H2,2H3. The highest BCUT2D eigenvalue weighted by Gasteiger charge is 2.55. The number of methoxy groups -OCH3 is 1. The van der Waals surface area contributed by atoms with Gasteiger partial charge in [0.2, 0.25) is 7.14 Å². The highest BCUT2D eigenvalue weighted by Crippen LogP contribution is 2.61. The van der Waals surface area contributed by atoms with Crippen LogP contribution in [0.1, 0.15) is 0 Å². The minimum atomic E-state index is -4.38. The maximum atomic E-state index is 15.2. The van der Waals surface area contributed by atoms with Gasteiger partial charge in [-0.25, -0.2) is 0 Å². The summed E-state index contributed by atoms with van der Waals surface area (Å²) in [6.45, 7) is 3.37. The molecule has 26 heavy (non-hydrogen) atoms. The van der Waals surface area contributed by atoms with Gasteiger partial charge in [-0.15, -0.1) is 0 Å². The molecule has 0 unspecified atom stereocenters. The third-order valence-corrected chi connectivity index (χ3v) is 6.81. The third kappa shape index (κ3) is 4.21. The van der Waals surface area contributed by atoms with Crippen LogP contribution in [0.4, 0.5) is 8.78 Å². The first-order chi connectivity index (χ1) is 12.4. The molecule has 140 valence electrons. The molecule has 0 aliphatic rings. The van der Waals surface area contributed by atoms with E-state index in [1.165, 1.54) is 31.4 Å². The molecule has 2 aromatic rings. The summed E-state index contributed by atoms with van der Waals surface area (Å²) >= 11 is 0. The minimum absolute atomic E-state index is 0.0289. The lowest BCUT2D eigenvalue weighted by Crippen LogP contribution is -2.33. The largest absolute Gasteiger partial charge is 0.466 e. The molecule has 0 aromatic heterocycles. The number of hydrogen-bond donors (Lipinski definition) is 0. The van der Waals surface area contributed by atoms with Crippen LogP contribution in [0.15, 0.2) is 73.0 Å². The number of halogens is 2. The molecule has 0 saturated carbocycles. The van der Waals surface area contributed by atoms with Crippen LogP contribution in [0.3, 0.4) is 0 Å². The lowest BCUT2D eigenvalue weighted by Gasteiger charge is -2.29. The molecule has 0 saturated heterocycles. The lowest BCUT2D eigenvalue weighted by atomic mass is 10.4. The number of benzene rings is 2. The third-order valence-electron chi connectivity index (χ3n) is 3.72. The first-order valence-corrected chi connectivity index (χ1v) is 9.63. The number of rotatable bonds is 10. The maximum absolute atomic E-state index is 15.2. The minimum Gasteiger partial charge on any atom is -0.466 e. The normalized spacial score (nSPS) is 12.0. The second-order valence-corrected chi connectivity index (χ2v) is 8.22. The molecule has 0 aliphatic heterocycles. The molecule has 0 aliphatic carbocycles. The van der Waals surface area contributed by atoms with Crippen molar-refractivity contribution in [2.24, 2.45) is 0 Å². The molecule has 0 bridgehead atoms. The van der Waals surface area contributed by atoms with E-state index in [1.54, 1.807) is 36.4 Å². The van der Waals surface area contributed by atoms with E-state index in [1.807, 2.05) is 0 Å². The summed E-state index contributed by atoms with van der Waals surface area (Å²) in [6, 6.07) is 15.3. The predicted octanol–water partition coefficient (Wildman–Crippen LogP) is 3.74. The molecule has 0 amide bonds. The maximum Gasteiger partial charge on any atom is 0.360 e. The summed E-state index contributed by atoms with van der Waals surface area (Å²) in [7, 11) is -2.89. The van der Waals surface area contributed by atoms with Crippen LogP contribution in [0, 0.1) is 0 Å². The fraction of sp³-hybridized carbons (Fsp3) is 0.263. The monoisotopic (exact) mass is 382 g/mol. The fourth-order valence-corrected chi connectivity index (χ4v) is 4.87. The number of ether oxygens (including phenoxy) is 3. The zero-order valence-corrected chi connectivity index (χ0v) is 15.3. The highest BCUT2D eigenvalue weighted by atomic mass is 31.2. The molecule has 2 rings (SSSR count). The van der Waals surface area contributed by atoms with Crippen LogP contribution in [-0.4, -0.2) is 32.8 Å². The highest BCUT2D eigenvalue weighted by molar-refractivity contribution is 7.79. The summed E-state index contributed by atoms with van der Waals surface area (Å²) < 4.78 is 58.9. The second-order valence-electron chi connectivity index (χ2n) is 5.41. The van der Waals surface area contributed by atoms with E-state index in [9.17, 15) is 4.57 Å². The van der Waals surface area contributed by atoms with Gasteiger partial charge in [0, 0.05) is 17.7 Å². The van der Waals surface area contributed by atoms with Gasteiger partial charge in [0.25, 0.3) is 0 Å². The molecule has 7 heteroatoms. The van der Waals surface area contributed by atoms with Gasteiger partial charge in [-0.2, -0.15) is 8.78 Å². The van der Waals surface area contributed by atoms with Crippen molar-refractivity contribution < 1.29 is 27.6 Å². The van der Waals surface area contributed by atoms with E-state index in [0.29, 0.717) is 6.61 Å². The van der Waals surface area contributed by atoms with Gasteiger partial charge in [-0.1, -0.05) is 67.2 Å². The quantitative estimate of drug-likeness (QED) is 0.272. The number of allylic oxidation sites excluding steroid dienone is 1. The van der Waals surface area contributed by atoms with Gasteiger partial charge in [0.1, 0.15) is 0 Å². The predicted molar refractivity (Wildman–Crippen MR) is 97.6 cm³/mol. The zero-order valence-electron chi connectivity index (χ0n) is 14.4. The van der Waals surface area contributed by atoms with Crippen LogP contribution in [-0.2, 0) is 18.8 Å². The van der Waals surface area contributed by atoms with Gasteiger partial charge in [-0.3, -0.25) is 0 Å². The molecular formula is C19H21F2O4P. The summed E-state index contributed by atoms with van der Waals surface area (Å²) in [5.74, 6) is -0.897. The van der Waals surface area contributed by atoms with Crippen LogP contribution in [0.25, 0.3) is 0 Å². The van der Waals surface area contributed by atoms with Crippen LogP contribution in [0.5, 0.6) is 0 Å².